The molecule has 1 aliphatic heterocycles. The van der Waals surface area contributed by atoms with Crippen LogP contribution in [0.5, 0.6) is 0 Å². The number of hydrogen-bond donors (Lipinski definition) is 1. The molecule has 3 aromatic heterocycles. The fourth-order valence-corrected chi connectivity index (χ4v) is 3.62. The zero-order chi connectivity index (χ0) is 14.9. The Labute approximate surface area is 136 Å². The number of aromatic nitrogens is 5. The number of piperidine rings is 1. The van der Waals surface area contributed by atoms with Gasteiger partial charge in [0.05, 0.1) is 0 Å². The van der Waals surface area contributed by atoms with E-state index in [4.69, 9.17) is 4.98 Å². The van der Waals surface area contributed by atoms with Crippen LogP contribution < -0.4 is 9.38 Å². The Balaban J connectivity index is 1.65. The monoisotopic (exact) mass is 356 g/mol. The Morgan fingerprint density at radius 3 is 3.05 bits per heavy atom. The second kappa shape index (κ2) is 5.69. The van der Waals surface area contributed by atoms with Crippen molar-refractivity contribution >= 4 is 38.2 Å². The van der Waals surface area contributed by atoms with Gasteiger partial charge >= 0.3 is 137 Å². The minimum absolute atomic E-state index is 0.443. The molecule has 1 N–H and O–H groups in total. The van der Waals surface area contributed by atoms with Gasteiger partial charge in [-0.05, 0) is 0 Å². The van der Waals surface area contributed by atoms with Crippen molar-refractivity contribution in [2.45, 2.75) is 18.8 Å². The van der Waals surface area contributed by atoms with E-state index >= 15 is 0 Å². The number of imidazole rings is 1. The van der Waals surface area contributed by atoms with Gasteiger partial charge in [-0.3, -0.25) is 0 Å². The van der Waals surface area contributed by atoms with Crippen molar-refractivity contribution in [1.82, 2.24) is 24.9 Å². The van der Waals surface area contributed by atoms with Crippen LogP contribution in [0.25, 0.3) is 11.0 Å². The molecular weight excluding hydrogens is 339 g/mol. The molecule has 4 heterocycles. The molecule has 0 aliphatic carbocycles. The molecule has 0 spiro atoms. The van der Waals surface area contributed by atoms with Crippen LogP contribution in [0.15, 0.2) is 30.9 Å². The van der Waals surface area contributed by atoms with Crippen molar-refractivity contribution < 1.29 is 0 Å². The molecule has 1 saturated heterocycles. The van der Waals surface area contributed by atoms with Crippen LogP contribution in [0.4, 0.5) is 5.82 Å². The molecule has 2 atom stereocenters. The Morgan fingerprint density at radius 1 is 1.23 bits per heavy atom. The van der Waals surface area contributed by atoms with Gasteiger partial charge in [-0.1, -0.05) is 0 Å². The third kappa shape index (κ3) is 2.48. The third-order valence-electron chi connectivity index (χ3n) is 4.15. The number of nitrogens with one attached hydrogen (secondary N) is 1. The molecule has 2 unspecified atom stereocenters. The SMILES string of the molecule is [AsH2]c1ncnc2ccc(N3CCCC(c4ncc[nH]4)C3)nc12. The number of H-pyrrole nitrogens is 1. The Morgan fingerprint density at radius 2 is 2.18 bits per heavy atom. The van der Waals surface area contributed by atoms with Gasteiger partial charge < -0.3 is 0 Å². The summed E-state index contributed by atoms with van der Waals surface area (Å²) in [6.45, 7) is 1.98. The van der Waals surface area contributed by atoms with Gasteiger partial charge in [0, 0.05) is 0 Å². The topological polar surface area (TPSA) is 70.6 Å². The summed E-state index contributed by atoms with van der Waals surface area (Å²) < 4.78 is 0.985. The van der Waals surface area contributed by atoms with Crippen LogP contribution >= 0.6 is 0 Å². The van der Waals surface area contributed by atoms with E-state index in [2.05, 4.69) is 30.9 Å². The first-order valence-electron chi connectivity index (χ1n) is 7.43. The summed E-state index contributed by atoms with van der Waals surface area (Å²) in [5, 5.41) is 0. The van der Waals surface area contributed by atoms with Gasteiger partial charge in [-0.15, -0.1) is 0 Å². The van der Waals surface area contributed by atoms with Crippen molar-refractivity contribution in [3.05, 3.63) is 36.7 Å². The van der Waals surface area contributed by atoms with Crippen molar-refractivity contribution in [2.24, 2.45) is 0 Å². The first kappa shape index (κ1) is 13.7. The van der Waals surface area contributed by atoms with E-state index in [1.54, 1.807) is 6.33 Å². The summed E-state index contributed by atoms with van der Waals surface area (Å²) in [6.07, 6.45) is 7.65. The van der Waals surface area contributed by atoms with Crippen LogP contribution in [0.1, 0.15) is 24.6 Å². The first-order valence-corrected chi connectivity index (χ1v) is 8.64. The van der Waals surface area contributed by atoms with E-state index in [1.807, 2.05) is 18.5 Å². The summed E-state index contributed by atoms with van der Waals surface area (Å²) in [7, 11) is 0. The number of fused-ring (bicyclic) bond motifs is 1. The van der Waals surface area contributed by atoms with E-state index in [0.717, 1.165) is 46.7 Å². The molecule has 1 aliphatic rings. The molecule has 0 bridgehead atoms. The molecular formula is C15H17AsN6. The molecule has 0 radical (unpaired) electrons. The van der Waals surface area contributed by atoms with Gasteiger partial charge in [0.25, 0.3) is 0 Å². The van der Waals surface area contributed by atoms with Crippen LogP contribution in [-0.2, 0) is 0 Å². The van der Waals surface area contributed by atoms with Crippen LogP contribution in [0, 0.1) is 0 Å². The summed E-state index contributed by atoms with van der Waals surface area (Å²) in [5.41, 5.74) is 1.83. The van der Waals surface area contributed by atoms with E-state index in [0.29, 0.717) is 5.92 Å². The number of aromatic amines is 1. The number of nitrogens with zero attached hydrogens (tertiary/aromatic N) is 5. The van der Waals surface area contributed by atoms with Crippen molar-refractivity contribution in [1.29, 1.82) is 0 Å². The zero-order valence-electron chi connectivity index (χ0n) is 12.1. The Bertz CT molecular complexity index is 788. The number of anilines is 1. The van der Waals surface area contributed by atoms with E-state index in [-0.39, 0.29) is 0 Å². The van der Waals surface area contributed by atoms with Crippen LogP contribution in [0.3, 0.4) is 0 Å². The standard InChI is InChI=1S/C15H17AsN6/c16-14-13-11(19-9-20-14)3-4-12(21-13)22-7-1-2-10(8-22)15-17-5-6-18-15/h3-6,9-10H,1-2,7-8,16H2,(H,17,18). The Kier molecular flexibility index (Phi) is 3.54. The second-order valence-corrected chi connectivity index (χ2v) is 6.70. The number of rotatable bonds is 2. The van der Waals surface area contributed by atoms with E-state index < -0.39 is 0 Å². The molecule has 0 amide bonds. The predicted octanol–water partition coefficient (Wildman–Crippen LogP) is 0.390. The molecule has 3 aromatic rings. The van der Waals surface area contributed by atoms with Gasteiger partial charge in [0.2, 0.25) is 0 Å². The fraction of sp³-hybridized carbons (Fsp3) is 0.333. The van der Waals surface area contributed by atoms with E-state index in [1.165, 1.54) is 23.3 Å². The minimum atomic E-state index is 0.443. The summed E-state index contributed by atoms with van der Waals surface area (Å²) in [6, 6.07) is 4.10. The average molecular weight is 356 g/mol. The number of hydrogen-bond acceptors (Lipinski definition) is 5. The quantitative estimate of drug-likeness (QED) is 0.673. The number of pyridine rings is 1. The van der Waals surface area contributed by atoms with Gasteiger partial charge in [0.15, 0.2) is 0 Å². The molecule has 7 heteroatoms. The Hall–Kier alpha value is -1.94. The molecule has 22 heavy (non-hydrogen) atoms. The van der Waals surface area contributed by atoms with Crippen molar-refractivity contribution in [2.75, 3.05) is 18.0 Å². The third-order valence-corrected chi connectivity index (χ3v) is 5.03. The first-order chi connectivity index (χ1) is 10.8. The molecule has 0 aromatic carbocycles. The van der Waals surface area contributed by atoms with Gasteiger partial charge in [-0.25, -0.2) is 0 Å². The molecule has 6 nitrogen and oxygen atoms in total. The van der Waals surface area contributed by atoms with Crippen molar-refractivity contribution in [3.8, 4) is 0 Å². The normalized spacial score (nSPS) is 18.8. The molecule has 112 valence electrons. The van der Waals surface area contributed by atoms with E-state index in [9.17, 15) is 0 Å². The van der Waals surface area contributed by atoms with Crippen LogP contribution in [-0.4, -0.2) is 54.9 Å². The fourth-order valence-electron chi connectivity index (χ4n) is 3.03. The summed E-state index contributed by atoms with van der Waals surface area (Å²) >= 11 is 1.48. The predicted molar refractivity (Wildman–Crippen MR) is 88.3 cm³/mol. The summed E-state index contributed by atoms with van der Waals surface area (Å²) in [5.74, 6) is 2.53. The average Bonchev–Trinajstić information content (AvgIpc) is 3.10. The van der Waals surface area contributed by atoms with Gasteiger partial charge in [-0.2, -0.15) is 0 Å². The maximum absolute atomic E-state index is 4.80. The van der Waals surface area contributed by atoms with Crippen molar-refractivity contribution in [3.63, 3.8) is 0 Å². The maximum atomic E-state index is 4.80. The second-order valence-electron chi connectivity index (χ2n) is 5.56. The van der Waals surface area contributed by atoms with Gasteiger partial charge in [0.1, 0.15) is 0 Å². The van der Waals surface area contributed by atoms with Crippen LogP contribution in [0.2, 0.25) is 0 Å². The molecule has 1 fully saturated rings. The summed E-state index contributed by atoms with van der Waals surface area (Å²) in [4.78, 5) is 23.4. The molecule has 0 saturated carbocycles. The zero-order valence-corrected chi connectivity index (χ0v) is 14.5. The molecule has 4 rings (SSSR count).